The van der Waals surface area contributed by atoms with Gasteiger partial charge in [0, 0.05) is 24.8 Å². The van der Waals surface area contributed by atoms with Crippen LogP contribution in [0.15, 0.2) is 34.9 Å². The van der Waals surface area contributed by atoms with Gasteiger partial charge in [-0.1, -0.05) is 48.8 Å². The van der Waals surface area contributed by atoms with E-state index in [4.69, 9.17) is 9.26 Å². The zero-order valence-electron chi connectivity index (χ0n) is 14.3. The third-order valence-corrected chi connectivity index (χ3v) is 3.34. The number of hydrogen-bond acceptors (Lipinski definition) is 5. The second-order valence-electron chi connectivity index (χ2n) is 6.24. The number of carbonyl (C=O) groups is 1. The second kappa shape index (κ2) is 8.61. The van der Waals surface area contributed by atoms with Gasteiger partial charge in [-0.05, 0) is 12.8 Å². The van der Waals surface area contributed by atoms with Crippen molar-refractivity contribution in [1.82, 2.24) is 10.5 Å². The van der Waals surface area contributed by atoms with Crippen LogP contribution in [-0.2, 0) is 4.74 Å². The summed E-state index contributed by atoms with van der Waals surface area (Å²) in [5.41, 5.74) is 2.63. The fourth-order valence-electron chi connectivity index (χ4n) is 2.04. The average molecular weight is 332 g/mol. The summed E-state index contributed by atoms with van der Waals surface area (Å²) >= 11 is 0. The first kappa shape index (κ1) is 18.2. The highest BCUT2D eigenvalue weighted by molar-refractivity contribution is 5.92. The second-order valence-corrected chi connectivity index (χ2v) is 6.24. The summed E-state index contributed by atoms with van der Waals surface area (Å²) in [6.45, 7) is 6.92. The van der Waals surface area contributed by atoms with E-state index in [1.54, 1.807) is 6.07 Å². The maximum atomic E-state index is 12.0. The number of aliphatic hydroxyl groups excluding tert-OH is 1. The monoisotopic (exact) mass is 332 g/mol. The van der Waals surface area contributed by atoms with Crippen LogP contribution in [0.25, 0.3) is 11.3 Å². The maximum Gasteiger partial charge on any atom is 0.290 e. The van der Waals surface area contributed by atoms with E-state index >= 15 is 0 Å². The summed E-state index contributed by atoms with van der Waals surface area (Å²) in [6, 6.07) is 9.37. The smallest absolute Gasteiger partial charge is 0.290 e. The largest absolute Gasteiger partial charge is 0.389 e. The van der Waals surface area contributed by atoms with Crippen LogP contribution in [0.4, 0.5) is 0 Å². The quantitative estimate of drug-likeness (QED) is 0.775. The van der Waals surface area contributed by atoms with Crippen LogP contribution in [-0.4, -0.2) is 42.0 Å². The number of aliphatic hydroxyl groups is 1. The molecule has 6 heteroatoms. The van der Waals surface area contributed by atoms with Crippen LogP contribution in [0.2, 0.25) is 0 Å². The molecule has 1 atom stereocenters. The number of nitrogens with one attached hydrogen (secondary N) is 1. The van der Waals surface area contributed by atoms with Crippen molar-refractivity contribution in [2.45, 2.75) is 26.9 Å². The Kier molecular flexibility index (Phi) is 6.52. The maximum absolute atomic E-state index is 12.0. The van der Waals surface area contributed by atoms with Gasteiger partial charge >= 0.3 is 0 Å². The van der Waals surface area contributed by atoms with Gasteiger partial charge in [-0.15, -0.1) is 0 Å². The first-order valence-electron chi connectivity index (χ1n) is 8.03. The summed E-state index contributed by atoms with van der Waals surface area (Å²) < 4.78 is 10.4. The lowest BCUT2D eigenvalue weighted by Crippen LogP contribution is -2.34. The van der Waals surface area contributed by atoms with Crippen molar-refractivity contribution in [2.75, 3.05) is 19.8 Å². The number of amides is 1. The van der Waals surface area contributed by atoms with Gasteiger partial charge in [0.2, 0.25) is 5.76 Å². The summed E-state index contributed by atoms with van der Waals surface area (Å²) in [4.78, 5) is 12.0. The van der Waals surface area contributed by atoms with Crippen LogP contribution >= 0.6 is 0 Å². The van der Waals surface area contributed by atoms with Gasteiger partial charge in [-0.2, -0.15) is 0 Å². The molecule has 2 rings (SSSR count). The molecule has 6 nitrogen and oxygen atoms in total. The van der Waals surface area contributed by atoms with Gasteiger partial charge in [0.05, 0.1) is 12.7 Å². The SMILES string of the molecule is Cc1ccc(-c2cc(C(=O)NCC(O)COCC(C)C)on2)cc1. The standard InChI is InChI=1S/C18H24N2O4/c1-12(2)10-23-11-15(21)9-19-18(22)17-8-16(20-24-17)14-6-4-13(3)5-7-14/h4-8,12,15,21H,9-11H2,1-3H3,(H,19,22). The first-order chi connectivity index (χ1) is 11.5. The lowest BCUT2D eigenvalue weighted by Gasteiger charge is -2.12. The molecule has 0 saturated heterocycles. The van der Waals surface area contributed by atoms with Gasteiger partial charge in [0.25, 0.3) is 5.91 Å². The third kappa shape index (κ3) is 5.47. The van der Waals surface area contributed by atoms with Crippen LogP contribution in [0.5, 0.6) is 0 Å². The molecule has 0 fully saturated rings. The Morgan fingerprint density at radius 3 is 2.67 bits per heavy atom. The molecular formula is C18H24N2O4. The van der Waals surface area contributed by atoms with Crippen molar-refractivity contribution in [2.24, 2.45) is 5.92 Å². The molecule has 0 saturated carbocycles. The van der Waals surface area contributed by atoms with Gasteiger partial charge < -0.3 is 19.7 Å². The summed E-state index contributed by atoms with van der Waals surface area (Å²) in [5.74, 6) is 0.103. The molecule has 0 aliphatic heterocycles. The van der Waals surface area contributed by atoms with Crippen molar-refractivity contribution >= 4 is 5.91 Å². The minimum Gasteiger partial charge on any atom is -0.389 e. The molecule has 0 bridgehead atoms. The fraction of sp³-hybridized carbons (Fsp3) is 0.444. The van der Waals surface area contributed by atoms with Crippen LogP contribution in [0.1, 0.15) is 30.0 Å². The minimum absolute atomic E-state index is 0.0947. The predicted octanol–water partition coefficient (Wildman–Crippen LogP) is 2.41. The van der Waals surface area contributed by atoms with Gasteiger partial charge in [0.1, 0.15) is 5.69 Å². The Balaban J connectivity index is 1.84. The number of rotatable bonds is 8. The number of nitrogens with zero attached hydrogens (tertiary/aromatic N) is 1. The third-order valence-electron chi connectivity index (χ3n) is 3.34. The van der Waals surface area contributed by atoms with E-state index in [-0.39, 0.29) is 18.9 Å². The minimum atomic E-state index is -0.757. The molecule has 2 N–H and O–H groups in total. The van der Waals surface area contributed by atoms with Crippen LogP contribution < -0.4 is 5.32 Å². The molecule has 0 spiro atoms. The van der Waals surface area contributed by atoms with Gasteiger partial charge in [-0.25, -0.2) is 0 Å². The highest BCUT2D eigenvalue weighted by atomic mass is 16.5. The van der Waals surface area contributed by atoms with Crippen LogP contribution in [0.3, 0.4) is 0 Å². The number of aromatic nitrogens is 1. The highest BCUT2D eigenvalue weighted by Crippen LogP contribution is 2.19. The molecule has 1 heterocycles. The van der Waals surface area contributed by atoms with E-state index in [9.17, 15) is 9.90 Å². The fourth-order valence-corrected chi connectivity index (χ4v) is 2.04. The van der Waals surface area contributed by atoms with Crippen molar-refractivity contribution in [3.8, 4) is 11.3 Å². The van der Waals surface area contributed by atoms with Crippen molar-refractivity contribution < 1.29 is 19.2 Å². The molecule has 1 unspecified atom stereocenters. The molecule has 130 valence electrons. The average Bonchev–Trinajstić information content (AvgIpc) is 3.03. The zero-order chi connectivity index (χ0) is 17.5. The number of carbonyl (C=O) groups excluding carboxylic acids is 1. The Hall–Kier alpha value is -2.18. The predicted molar refractivity (Wildman–Crippen MR) is 90.7 cm³/mol. The van der Waals surface area contributed by atoms with Gasteiger partial charge in [-0.3, -0.25) is 4.79 Å². The Labute approximate surface area is 141 Å². The lowest BCUT2D eigenvalue weighted by molar-refractivity contribution is 0.0257. The summed E-state index contributed by atoms with van der Waals surface area (Å²) in [5, 5.41) is 16.3. The topological polar surface area (TPSA) is 84.6 Å². The first-order valence-corrected chi connectivity index (χ1v) is 8.03. The normalized spacial score (nSPS) is 12.4. The molecule has 1 aromatic carbocycles. The Morgan fingerprint density at radius 2 is 2.00 bits per heavy atom. The number of aryl methyl sites for hydroxylation is 1. The van der Waals surface area contributed by atoms with E-state index in [1.165, 1.54) is 0 Å². The van der Waals surface area contributed by atoms with E-state index in [2.05, 4.69) is 10.5 Å². The van der Waals surface area contributed by atoms with Crippen molar-refractivity contribution in [3.63, 3.8) is 0 Å². The van der Waals surface area contributed by atoms with E-state index in [0.717, 1.165) is 11.1 Å². The highest BCUT2D eigenvalue weighted by Gasteiger charge is 2.15. The number of benzene rings is 1. The Bertz CT molecular complexity index is 649. The molecule has 24 heavy (non-hydrogen) atoms. The summed E-state index contributed by atoms with van der Waals surface area (Å²) in [6.07, 6.45) is -0.757. The molecule has 1 amide bonds. The molecular weight excluding hydrogens is 308 g/mol. The molecule has 0 aliphatic carbocycles. The Morgan fingerprint density at radius 1 is 1.29 bits per heavy atom. The zero-order valence-corrected chi connectivity index (χ0v) is 14.3. The van der Waals surface area contributed by atoms with Crippen molar-refractivity contribution in [3.05, 3.63) is 41.7 Å². The number of ether oxygens (including phenoxy) is 1. The van der Waals surface area contributed by atoms with E-state index < -0.39 is 12.0 Å². The molecule has 1 aromatic heterocycles. The van der Waals surface area contributed by atoms with E-state index in [1.807, 2.05) is 45.0 Å². The lowest BCUT2D eigenvalue weighted by atomic mass is 10.1. The van der Waals surface area contributed by atoms with Gasteiger partial charge in [0.15, 0.2) is 0 Å². The molecule has 0 radical (unpaired) electrons. The number of hydrogen-bond donors (Lipinski definition) is 2. The summed E-state index contributed by atoms with van der Waals surface area (Å²) in [7, 11) is 0. The van der Waals surface area contributed by atoms with E-state index in [0.29, 0.717) is 18.2 Å². The molecule has 2 aromatic rings. The van der Waals surface area contributed by atoms with Crippen molar-refractivity contribution in [1.29, 1.82) is 0 Å². The van der Waals surface area contributed by atoms with Crippen LogP contribution in [0, 0.1) is 12.8 Å². The molecule has 0 aliphatic rings.